The van der Waals surface area contributed by atoms with E-state index in [4.69, 9.17) is 11.2 Å². The van der Waals surface area contributed by atoms with Crippen molar-refractivity contribution < 1.29 is 9.53 Å². The van der Waals surface area contributed by atoms with Crippen LogP contribution in [0.3, 0.4) is 0 Å². The van der Waals surface area contributed by atoms with Crippen LogP contribution in [0.1, 0.15) is 24.2 Å². The standard InChI is InChI=1S/C14H18N2O2/c1-5-8-15-12-7-6-11(9-13(12)18-4)14(17)16-10(2)3/h1,6-7,9-10,15H,8H2,2-4H3,(H,16,17). The Hall–Kier alpha value is -2.15. The Morgan fingerprint density at radius 1 is 1.50 bits per heavy atom. The number of nitrogens with one attached hydrogen (secondary N) is 2. The Bertz CT molecular complexity index is 461. The molecule has 0 aliphatic carbocycles. The van der Waals surface area contributed by atoms with Gasteiger partial charge >= 0.3 is 0 Å². The number of rotatable bonds is 5. The lowest BCUT2D eigenvalue weighted by Crippen LogP contribution is -2.30. The summed E-state index contributed by atoms with van der Waals surface area (Å²) in [6, 6.07) is 5.31. The summed E-state index contributed by atoms with van der Waals surface area (Å²) in [6.07, 6.45) is 5.18. The third-order valence-electron chi connectivity index (χ3n) is 2.26. The molecule has 1 amide bonds. The van der Waals surface area contributed by atoms with Gasteiger partial charge < -0.3 is 15.4 Å². The van der Waals surface area contributed by atoms with Crippen molar-refractivity contribution in [3.63, 3.8) is 0 Å². The van der Waals surface area contributed by atoms with E-state index in [1.165, 1.54) is 0 Å². The van der Waals surface area contributed by atoms with Gasteiger partial charge in [-0.05, 0) is 32.0 Å². The van der Waals surface area contributed by atoms with Gasteiger partial charge in [0.1, 0.15) is 5.75 Å². The lowest BCUT2D eigenvalue weighted by atomic mass is 10.1. The Morgan fingerprint density at radius 3 is 2.78 bits per heavy atom. The largest absolute Gasteiger partial charge is 0.495 e. The minimum atomic E-state index is -0.119. The number of methoxy groups -OCH3 is 1. The molecule has 4 heteroatoms. The van der Waals surface area contributed by atoms with Crippen molar-refractivity contribution in [3.8, 4) is 18.1 Å². The zero-order valence-electron chi connectivity index (χ0n) is 10.9. The van der Waals surface area contributed by atoms with Crippen LogP contribution in [0, 0.1) is 12.3 Å². The highest BCUT2D eigenvalue weighted by Crippen LogP contribution is 2.25. The number of anilines is 1. The monoisotopic (exact) mass is 246 g/mol. The molecule has 0 spiro atoms. The molecule has 0 aliphatic rings. The zero-order chi connectivity index (χ0) is 13.5. The number of terminal acetylenes is 1. The number of carbonyl (C=O) groups excluding carboxylic acids is 1. The maximum atomic E-state index is 11.8. The molecule has 96 valence electrons. The van der Waals surface area contributed by atoms with Gasteiger partial charge in [-0.2, -0.15) is 0 Å². The molecular weight excluding hydrogens is 228 g/mol. The predicted octanol–water partition coefficient (Wildman–Crippen LogP) is 1.88. The van der Waals surface area contributed by atoms with E-state index < -0.39 is 0 Å². The van der Waals surface area contributed by atoms with Crippen LogP contribution in [-0.2, 0) is 0 Å². The molecule has 0 saturated heterocycles. The zero-order valence-corrected chi connectivity index (χ0v) is 10.9. The lowest BCUT2D eigenvalue weighted by molar-refractivity contribution is 0.0943. The fourth-order valence-electron chi connectivity index (χ4n) is 1.47. The SMILES string of the molecule is C#CCNc1ccc(C(=O)NC(C)C)cc1OC. The van der Waals surface area contributed by atoms with Crippen molar-refractivity contribution >= 4 is 11.6 Å². The fraction of sp³-hybridized carbons (Fsp3) is 0.357. The van der Waals surface area contributed by atoms with Gasteiger partial charge in [-0.25, -0.2) is 0 Å². The van der Waals surface area contributed by atoms with Gasteiger partial charge in [0.25, 0.3) is 5.91 Å². The molecule has 1 rings (SSSR count). The van der Waals surface area contributed by atoms with Gasteiger partial charge in [0.2, 0.25) is 0 Å². The number of carbonyl (C=O) groups is 1. The highest BCUT2D eigenvalue weighted by Gasteiger charge is 2.10. The van der Waals surface area contributed by atoms with Crippen LogP contribution in [0.15, 0.2) is 18.2 Å². The molecular formula is C14H18N2O2. The first-order chi connectivity index (χ1) is 8.58. The van der Waals surface area contributed by atoms with Crippen LogP contribution >= 0.6 is 0 Å². The molecule has 0 aliphatic heterocycles. The van der Waals surface area contributed by atoms with Crippen molar-refractivity contribution in [3.05, 3.63) is 23.8 Å². The number of hydrogen-bond donors (Lipinski definition) is 2. The van der Waals surface area contributed by atoms with Crippen molar-refractivity contribution in [1.82, 2.24) is 5.32 Å². The molecule has 0 heterocycles. The normalized spacial score (nSPS) is 9.72. The molecule has 0 aromatic heterocycles. The van der Waals surface area contributed by atoms with Crippen LogP contribution in [0.4, 0.5) is 5.69 Å². The second-order valence-corrected chi connectivity index (χ2v) is 4.10. The molecule has 18 heavy (non-hydrogen) atoms. The molecule has 0 atom stereocenters. The van der Waals surface area contributed by atoms with Crippen LogP contribution in [0.25, 0.3) is 0 Å². The molecule has 1 aromatic carbocycles. The highest BCUT2D eigenvalue weighted by molar-refractivity contribution is 5.95. The van der Waals surface area contributed by atoms with Crippen molar-refractivity contribution in [1.29, 1.82) is 0 Å². The molecule has 1 aromatic rings. The maximum Gasteiger partial charge on any atom is 0.251 e. The molecule has 2 N–H and O–H groups in total. The van der Waals surface area contributed by atoms with Crippen molar-refractivity contribution in [2.75, 3.05) is 19.0 Å². The summed E-state index contributed by atoms with van der Waals surface area (Å²) >= 11 is 0. The summed E-state index contributed by atoms with van der Waals surface area (Å²) in [6.45, 7) is 4.24. The van der Waals surface area contributed by atoms with E-state index in [0.717, 1.165) is 5.69 Å². The number of ether oxygens (including phenoxy) is 1. The summed E-state index contributed by atoms with van der Waals surface area (Å²) < 4.78 is 5.23. The quantitative estimate of drug-likeness (QED) is 0.780. The van der Waals surface area contributed by atoms with Crippen LogP contribution < -0.4 is 15.4 Å². The molecule has 0 unspecified atom stereocenters. The lowest BCUT2D eigenvalue weighted by Gasteiger charge is -2.12. The van der Waals surface area contributed by atoms with Gasteiger partial charge in [0.05, 0.1) is 19.3 Å². The number of benzene rings is 1. The Kier molecular flexibility index (Phi) is 5.06. The second-order valence-electron chi connectivity index (χ2n) is 4.10. The third kappa shape index (κ3) is 3.70. The van der Waals surface area contributed by atoms with Crippen LogP contribution in [0.2, 0.25) is 0 Å². The molecule has 0 saturated carbocycles. The number of hydrogen-bond acceptors (Lipinski definition) is 3. The Labute approximate surface area is 108 Å². The van der Waals surface area contributed by atoms with E-state index in [1.54, 1.807) is 25.3 Å². The average Bonchev–Trinajstić information content (AvgIpc) is 2.35. The van der Waals surface area contributed by atoms with Gasteiger partial charge in [-0.3, -0.25) is 4.79 Å². The second kappa shape index (κ2) is 6.55. The van der Waals surface area contributed by atoms with Crippen molar-refractivity contribution in [2.45, 2.75) is 19.9 Å². The van der Waals surface area contributed by atoms with E-state index >= 15 is 0 Å². The average molecular weight is 246 g/mol. The summed E-state index contributed by atoms with van der Waals surface area (Å²) in [7, 11) is 1.56. The summed E-state index contributed by atoms with van der Waals surface area (Å²) in [5.74, 6) is 2.97. The highest BCUT2D eigenvalue weighted by atomic mass is 16.5. The van der Waals surface area contributed by atoms with Gasteiger partial charge in [0.15, 0.2) is 0 Å². The predicted molar refractivity (Wildman–Crippen MR) is 72.9 cm³/mol. The molecule has 0 bridgehead atoms. The van der Waals surface area contributed by atoms with E-state index in [-0.39, 0.29) is 11.9 Å². The first kappa shape index (κ1) is 13.9. The fourth-order valence-corrected chi connectivity index (χ4v) is 1.47. The first-order valence-corrected chi connectivity index (χ1v) is 5.74. The van der Waals surface area contributed by atoms with E-state index in [0.29, 0.717) is 17.9 Å². The minimum Gasteiger partial charge on any atom is -0.495 e. The molecule has 4 nitrogen and oxygen atoms in total. The molecule has 0 radical (unpaired) electrons. The van der Waals surface area contributed by atoms with Crippen LogP contribution in [-0.4, -0.2) is 25.6 Å². The third-order valence-corrected chi connectivity index (χ3v) is 2.26. The Balaban J connectivity index is 2.91. The van der Waals surface area contributed by atoms with E-state index in [1.807, 2.05) is 13.8 Å². The van der Waals surface area contributed by atoms with Crippen LogP contribution in [0.5, 0.6) is 5.75 Å². The summed E-state index contributed by atoms with van der Waals surface area (Å²) in [5, 5.41) is 5.85. The molecule has 0 fully saturated rings. The van der Waals surface area contributed by atoms with Gasteiger partial charge in [-0.1, -0.05) is 5.92 Å². The Morgan fingerprint density at radius 2 is 2.22 bits per heavy atom. The number of amides is 1. The topological polar surface area (TPSA) is 50.4 Å². The maximum absolute atomic E-state index is 11.8. The summed E-state index contributed by atoms with van der Waals surface area (Å²) in [4.78, 5) is 11.8. The van der Waals surface area contributed by atoms with E-state index in [9.17, 15) is 4.79 Å². The first-order valence-electron chi connectivity index (χ1n) is 5.74. The van der Waals surface area contributed by atoms with Gasteiger partial charge in [0, 0.05) is 11.6 Å². The van der Waals surface area contributed by atoms with Gasteiger partial charge in [-0.15, -0.1) is 6.42 Å². The van der Waals surface area contributed by atoms with Crippen molar-refractivity contribution in [2.24, 2.45) is 0 Å². The summed E-state index contributed by atoms with van der Waals surface area (Å²) in [5.41, 5.74) is 1.34. The minimum absolute atomic E-state index is 0.0998. The van der Waals surface area contributed by atoms with E-state index in [2.05, 4.69) is 16.6 Å². The smallest absolute Gasteiger partial charge is 0.251 e.